The van der Waals surface area contributed by atoms with Crippen LogP contribution in [-0.4, -0.2) is 36.7 Å². The second kappa shape index (κ2) is 7.01. The Balaban J connectivity index is 2.78. The van der Waals surface area contributed by atoms with E-state index in [1.165, 1.54) is 7.11 Å². The minimum Gasteiger partial charge on any atom is -0.496 e. The summed E-state index contributed by atoms with van der Waals surface area (Å²) in [6, 6.07) is 5.31. The van der Waals surface area contributed by atoms with E-state index >= 15 is 0 Å². The normalized spacial score (nSPS) is 10.7. The van der Waals surface area contributed by atoms with Crippen molar-refractivity contribution in [1.29, 1.82) is 0 Å². The maximum atomic E-state index is 11.1. The molecule has 1 aromatic carbocycles. The van der Waals surface area contributed by atoms with Crippen molar-refractivity contribution < 1.29 is 14.6 Å². The van der Waals surface area contributed by atoms with Crippen molar-refractivity contribution in [2.75, 3.05) is 20.7 Å². The average molecular weight is 251 g/mol. The van der Waals surface area contributed by atoms with Crippen LogP contribution in [0, 0.1) is 0 Å². The molecule has 0 radical (unpaired) electrons. The predicted molar refractivity (Wildman–Crippen MR) is 71.2 cm³/mol. The fourth-order valence-corrected chi connectivity index (χ4v) is 1.84. The van der Waals surface area contributed by atoms with Crippen molar-refractivity contribution in [3.05, 3.63) is 29.3 Å². The van der Waals surface area contributed by atoms with Gasteiger partial charge in [0.1, 0.15) is 11.3 Å². The summed E-state index contributed by atoms with van der Waals surface area (Å²) < 4.78 is 5.04. The zero-order valence-electron chi connectivity index (χ0n) is 11.3. The molecule has 0 atom stereocenters. The zero-order chi connectivity index (χ0) is 13.5. The highest BCUT2D eigenvalue weighted by Crippen LogP contribution is 2.20. The quantitative estimate of drug-likeness (QED) is 0.809. The van der Waals surface area contributed by atoms with E-state index in [4.69, 9.17) is 9.84 Å². The molecule has 0 aliphatic rings. The third-order valence-electron chi connectivity index (χ3n) is 2.84. The van der Waals surface area contributed by atoms with Gasteiger partial charge in [-0.3, -0.25) is 0 Å². The standard InChI is InChI=1S/C14H21NO3/c1-4-5-8-15(2)10-11-6-7-13(18-3)12(9-11)14(16)17/h6-7,9H,4-5,8,10H2,1-3H3,(H,16,17). The average Bonchev–Trinajstić information content (AvgIpc) is 2.36. The summed E-state index contributed by atoms with van der Waals surface area (Å²) in [6.45, 7) is 3.93. The van der Waals surface area contributed by atoms with Crippen LogP contribution in [0.1, 0.15) is 35.7 Å². The molecule has 0 spiro atoms. The lowest BCUT2D eigenvalue weighted by atomic mass is 10.1. The fourth-order valence-electron chi connectivity index (χ4n) is 1.84. The number of hydrogen-bond acceptors (Lipinski definition) is 3. The molecule has 1 aromatic rings. The molecule has 4 nitrogen and oxygen atoms in total. The van der Waals surface area contributed by atoms with Crippen LogP contribution >= 0.6 is 0 Å². The van der Waals surface area contributed by atoms with Gasteiger partial charge in [0.05, 0.1) is 7.11 Å². The number of benzene rings is 1. The van der Waals surface area contributed by atoms with Gasteiger partial charge in [0.15, 0.2) is 0 Å². The smallest absolute Gasteiger partial charge is 0.339 e. The number of rotatable bonds is 7. The van der Waals surface area contributed by atoms with Crippen LogP contribution in [0.5, 0.6) is 5.75 Å². The number of unbranched alkanes of at least 4 members (excludes halogenated alkanes) is 1. The summed E-state index contributed by atoms with van der Waals surface area (Å²) in [6.07, 6.45) is 2.31. The summed E-state index contributed by atoms with van der Waals surface area (Å²) in [5.41, 5.74) is 1.21. The molecule has 100 valence electrons. The SMILES string of the molecule is CCCCN(C)Cc1ccc(OC)c(C(=O)O)c1. The van der Waals surface area contributed by atoms with Crippen LogP contribution in [0.25, 0.3) is 0 Å². The van der Waals surface area contributed by atoms with Gasteiger partial charge in [0.25, 0.3) is 0 Å². The molecule has 0 heterocycles. The maximum absolute atomic E-state index is 11.1. The third-order valence-corrected chi connectivity index (χ3v) is 2.84. The van der Waals surface area contributed by atoms with E-state index in [1.807, 2.05) is 13.1 Å². The van der Waals surface area contributed by atoms with Crippen molar-refractivity contribution in [2.24, 2.45) is 0 Å². The van der Waals surface area contributed by atoms with Crippen LogP contribution in [0.4, 0.5) is 0 Å². The Morgan fingerprint density at radius 3 is 2.72 bits per heavy atom. The van der Waals surface area contributed by atoms with Gasteiger partial charge in [-0.05, 0) is 37.7 Å². The molecule has 0 saturated heterocycles. The van der Waals surface area contributed by atoms with Gasteiger partial charge in [-0.1, -0.05) is 19.4 Å². The second-order valence-electron chi connectivity index (χ2n) is 4.43. The van der Waals surface area contributed by atoms with Crippen molar-refractivity contribution >= 4 is 5.97 Å². The Labute approximate surface area is 108 Å². The second-order valence-corrected chi connectivity index (χ2v) is 4.43. The molecule has 0 bridgehead atoms. The van der Waals surface area contributed by atoms with Crippen LogP contribution in [0.2, 0.25) is 0 Å². The van der Waals surface area contributed by atoms with E-state index in [9.17, 15) is 4.79 Å². The monoisotopic (exact) mass is 251 g/mol. The molecular weight excluding hydrogens is 230 g/mol. The number of hydrogen-bond donors (Lipinski definition) is 1. The van der Waals surface area contributed by atoms with Gasteiger partial charge in [-0.15, -0.1) is 0 Å². The van der Waals surface area contributed by atoms with Crippen LogP contribution in [0.3, 0.4) is 0 Å². The molecule has 4 heteroatoms. The lowest BCUT2D eigenvalue weighted by Crippen LogP contribution is -2.19. The molecule has 0 saturated carbocycles. The fraction of sp³-hybridized carbons (Fsp3) is 0.500. The highest BCUT2D eigenvalue weighted by atomic mass is 16.5. The number of carboxylic acids is 1. The molecule has 1 N–H and O–H groups in total. The number of nitrogens with zero attached hydrogens (tertiary/aromatic N) is 1. The molecule has 0 unspecified atom stereocenters. The maximum Gasteiger partial charge on any atom is 0.339 e. The van der Waals surface area contributed by atoms with Crippen LogP contribution in [-0.2, 0) is 6.54 Å². The number of carboxylic acid groups (broad SMARTS) is 1. The minimum absolute atomic E-state index is 0.221. The van der Waals surface area contributed by atoms with E-state index in [1.54, 1.807) is 12.1 Å². The lowest BCUT2D eigenvalue weighted by Gasteiger charge is -2.17. The van der Waals surface area contributed by atoms with Crippen LogP contribution in [0.15, 0.2) is 18.2 Å². The van der Waals surface area contributed by atoms with Gasteiger partial charge < -0.3 is 14.7 Å². The van der Waals surface area contributed by atoms with E-state index < -0.39 is 5.97 Å². The summed E-state index contributed by atoms with van der Waals surface area (Å²) in [5.74, 6) is -0.549. The van der Waals surface area contributed by atoms with Crippen LogP contribution < -0.4 is 4.74 Å². The van der Waals surface area contributed by atoms with Crippen molar-refractivity contribution in [3.8, 4) is 5.75 Å². The predicted octanol–water partition coefficient (Wildman–Crippen LogP) is 2.63. The van der Waals surface area contributed by atoms with Gasteiger partial charge in [-0.25, -0.2) is 4.79 Å². The first-order chi connectivity index (χ1) is 8.58. The van der Waals surface area contributed by atoms with Gasteiger partial charge in [0.2, 0.25) is 0 Å². The molecule has 18 heavy (non-hydrogen) atoms. The number of methoxy groups -OCH3 is 1. The molecule has 0 aliphatic heterocycles. The Morgan fingerprint density at radius 2 is 2.17 bits per heavy atom. The Bertz CT molecular complexity index is 404. The first-order valence-electron chi connectivity index (χ1n) is 6.17. The van der Waals surface area contributed by atoms with E-state index in [0.717, 1.165) is 31.5 Å². The Morgan fingerprint density at radius 1 is 1.44 bits per heavy atom. The summed E-state index contributed by atoms with van der Waals surface area (Å²) in [5, 5.41) is 9.10. The summed E-state index contributed by atoms with van der Waals surface area (Å²) >= 11 is 0. The van der Waals surface area contributed by atoms with Crippen molar-refractivity contribution in [1.82, 2.24) is 4.90 Å². The summed E-state index contributed by atoms with van der Waals surface area (Å²) in [7, 11) is 3.52. The topological polar surface area (TPSA) is 49.8 Å². The van der Waals surface area contributed by atoms with Crippen molar-refractivity contribution in [3.63, 3.8) is 0 Å². The molecule has 0 amide bonds. The molecular formula is C14H21NO3. The van der Waals surface area contributed by atoms with E-state index in [-0.39, 0.29) is 5.56 Å². The first kappa shape index (κ1) is 14.5. The molecule has 0 aromatic heterocycles. The van der Waals surface area contributed by atoms with E-state index in [2.05, 4.69) is 11.8 Å². The number of aromatic carboxylic acids is 1. The molecule has 1 rings (SSSR count). The number of ether oxygens (including phenoxy) is 1. The Hall–Kier alpha value is -1.55. The van der Waals surface area contributed by atoms with Gasteiger partial charge in [-0.2, -0.15) is 0 Å². The lowest BCUT2D eigenvalue weighted by molar-refractivity contribution is 0.0693. The first-order valence-corrected chi connectivity index (χ1v) is 6.17. The Kier molecular flexibility index (Phi) is 5.65. The van der Waals surface area contributed by atoms with Crippen molar-refractivity contribution in [2.45, 2.75) is 26.3 Å². The largest absolute Gasteiger partial charge is 0.496 e. The highest BCUT2D eigenvalue weighted by molar-refractivity contribution is 5.91. The summed E-state index contributed by atoms with van der Waals surface area (Å²) in [4.78, 5) is 13.3. The molecule has 0 fully saturated rings. The molecule has 0 aliphatic carbocycles. The van der Waals surface area contributed by atoms with Gasteiger partial charge >= 0.3 is 5.97 Å². The van der Waals surface area contributed by atoms with Gasteiger partial charge in [0, 0.05) is 6.54 Å². The minimum atomic E-state index is -0.954. The highest BCUT2D eigenvalue weighted by Gasteiger charge is 2.12. The third kappa shape index (κ3) is 4.04. The number of carbonyl (C=O) groups is 1. The zero-order valence-corrected chi connectivity index (χ0v) is 11.3. The van der Waals surface area contributed by atoms with E-state index in [0.29, 0.717) is 5.75 Å².